The molecule has 9 heavy (non-hydrogen) atoms. The van der Waals surface area contributed by atoms with Gasteiger partial charge in [0.05, 0.1) is 0 Å². The van der Waals surface area contributed by atoms with E-state index in [2.05, 4.69) is 0 Å². The maximum atomic E-state index is 10.1. The van der Waals surface area contributed by atoms with Gasteiger partial charge in [0.2, 0.25) is 0 Å². The van der Waals surface area contributed by atoms with Crippen LogP contribution < -0.4 is 34.7 Å². The smallest absolute Gasteiger partial charge is 0.851 e. The monoisotopic (exact) mass is 130 g/mol. The summed E-state index contributed by atoms with van der Waals surface area (Å²) in [5.74, 6) is 0. The van der Waals surface area contributed by atoms with E-state index in [1.54, 1.807) is 0 Å². The third-order valence-corrected chi connectivity index (χ3v) is 1.01. The van der Waals surface area contributed by atoms with E-state index < -0.39 is 0 Å². The molecule has 1 aromatic carbocycles. The molecule has 0 heterocycles. The molecule has 0 atom stereocenters. The number of hydrogen-bond acceptors (Lipinski definition) is 1. The van der Waals surface area contributed by atoms with E-state index in [1.165, 1.54) is 0 Å². The SMILES string of the molecule is [Na+].[O-]Cc1ccccc1. The van der Waals surface area contributed by atoms with Gasteiger partial charge in [0, 0.05) is 0 Å². The molecule has 0 amide bonds. The molecule has 0 spiro atoms. The van der Waals surface area contributed by atoms with Crippen LogP contribution in [0.3, 0.4) is 0 Å². The molecule has 0 N–H and O–H groups in total. The fourth-order valence-corrected chi connectivity index (χ4v) is 0.574. The standard InChI is InChI=1S/C7H7O.Na/c8-6-7-4-2-1-3-5-7;/h1-5H,6H2;/q-1;+1. The number of rotatable bonds is 1. The van der Waals surface area contributed by atoms with Gasteiger partial charge in [-0.1, -0.05) is 35.9 Å². The van der Waals surface area contributed by atoms with Crippen molar-refractivity contribution in [1.29, 1.82) is 0 Å². The van der Waals surface area contributed by atoms with Crippen molar-refractivity contribution in [2.45, 2.75) is 6.61 Å². The first-order valence-electron chi connectivity index (χ1n) is 2.55. The molecule has 0 saturated heterocycles. The van der Waals surface area contributed by atoms with Gasteiger partial charge < -0.3 is 5.11 Å². The Morgan fingerprint density at radius 2 is 1.67 bits per heavy atom. The fourth-order valence-electron chi connectivity index (χ4n) is 0.574. The number of hydrogen-bond donors (Lipinski definition) is 0. The Kier molecular flexibility index (Phi) is 5.10. The molecule has 0 unspecified atom stereocenters. The summed E-state index contributed by atoms with van der Waals surface area (Å²) < 4.78 is 0. The summed E-state index contributed by atoms with van der Waals surface area (Å²) >= 11 is 0. The van der Waals surface area contributed by atoms with Crippen LogP contribution >= 0.6 is 0 Å². The predicted molar refractivity (Wildman–Crippen MR) is 30.1 cm³/mol. The second-order valence-electron chi connectivity index (χ2n) is 1.63. The first kappa shape index (κ1) is 9.18. The van der Waals surface area contributed by atoms with Gasteiger partial charge in [-0.25, -0.2) is 0 Å². The second kappa shape index (κ2) is 5.00. The molecule has 0 saturated carbocycles. The third kappa shape index (κ3) is 3.01. The Morgan fingerprint density at radius 3 is 2.00 bits per heavy atom. The van der Waals surface area contributed by atoms with Gasteiger partial charge in [-0.3, -0.25) is 0 Å². The van der Waals surface area contributed by atoms with Crippen LogP contribution in [0.5, 0.6) is 0 Å². The molecule has 0 aromatic heterocycles. The van der Waals surface area contributed by atoms with Crippen LogP contribution in [0.15, 0.2) is 30.3 Å². The van der Waals surface area contributed by atoms with E-state index in [0.29, 0.717) is 0 Å². The Bertz CT molecular complexity index is 150. The van der Waals surface area contributed by atoms with Gasteiger partial charge in [0.15, 0.2) is 0 Å². The summed E-state index contributed by atoms with van der Waals surface area (Å²) in [5, 5.41) is 10.1. The van der Waals surface area contributed by atoms with Crippen LogP contribution in [0.25, 0.3) is 0 Å². The van der Waals surface area contributed by atoms with Crippen LogP contribution in [-0.4, -0.2) is 0 Å². The minimum atomic E-state index is -0.110. The quantitative estimate of drug-likeness (QED) is 0.387. The molecule has 0 aliphatic heterocycles. The van der Waals surface area contributed by atoms with Gasteiger partial charge >= 0.3 is 29.6 Å². The van der Waals surface area contributed by atoms with Crippen molar-refractivity contribution in [3.63, 3.8) is 0 Å². The van der Waals surface area contributed by atoms with E-state index in [9.17, 15) is 5.11 Å². The van der Waals surface area contributed by atoms with Gasteiger partial charge in [0.25, 0.3) is 0 Å². The average molecular weight is 130 g/mol. The van der Waals surface area contributed by atoms with Gasteiger partial charge in [0.1, 0.15) is 0 Å². The minimum Gasteiger partial charge on any atom is -0.851 e. The molecule has 0 radical (unpaired) electrons. The Balaban J connectivity index is 0.000000640. The van der Waals surface area contributed by atoms with Gasteiger partial charge in [-0.05, 0) is 0 Å². The minimum absolute atomic E-state index is 0. The van der Waals surface area contributed by atoms with Crippen molar-refractivity contribution in [1.82, 2.24) is 0 Å². The van der Waals surface area contributed by atoms with Crippen molar-refractivity contribution < 1.29 is 34.7 Å². The summed E-state index contributed by atoms with van der Waals surface area (Å²) in [5.41, 5.74) is 0.854. The molecule has 0 aliphatic carbocycles. The maximum absolute atomic E-state index is 10.1. The average Bonchev–Trinajstić information content (AvgIpc) is 1.90. The molecule has 1 rings (SSSR count). The largest absolute Gasteiger partial charge is 1.00 e. The number of benzene rings is 1. The molecule has 42 valence electrons. The Hall–Kier alpha value is 0.180. The third-order valence-electron chi connectivity index (χ3n) is 1.01. The van der Waals surface area contributed by atoms with Crippen LogP contribution in [0.4, 0.5) is 0 Å². The van der Waals surface area contributed by atoms with E-state index in [-0.39, 0.29) is 36.2 Å². The molecule has 0 aliphatic rings. The van der Waals surface area contributed by atoms with E-state index in [1.807, 2.05) is 30.3 Å². The van der Waals surface area contributed by atoms with Crippen molar-refractivity contribution in [2.24, 2.45) is 0 Å². The van der Waals surface area contributed by atoms with Crippen LogP contribution in [0.1, 0.15) is 5.56 Å². The first-order valence-corrected chi connectivity index (χ1v) is 2.55. The second-order valence-corrected chi connectivity index (χ2v) is 1.63. The van der Waals surface area contributed by atoms with Crippen molar-refractivity contribution in [3.05, 3.63) is 35.9 Å². The first-order chi connectivity index (χ1) is 3.93. The van der Waals surface area contributed by atoms with Gasteiger partial charge in [-0.15, -0.1) is 6.61 Å². The zero-order valence-electron chi connectivity index (χ0n) is 5.50. The molecule has 2 heteroatoms. The van der Waals surface area contributed by atoms with Crippen LogP contribution in [-0.2, 0) is 6.61 Å². The Labute approximate surface area is 77.0 Å². The van der Waals surface area contributed by atoms with Crippen LogP contribution in [0, 0.1) is 0 Å². The summed E-state index contributed by atoms with van der Waals surface area (Å²) in [4.78, 5) is 0. The van der Waals surface area contributed by atoms with Crippen molar-refractivity contribution in [2.75, 3.05) is 0 Å². The van der Waals surface area contributed by atoms with Crippen molar-refractivity contribution >= 4 is 0 Å². The summed E-state index contributed by atoms with van der Waals surface area (Å²) in [7, 11) is 0. The van der Waals surface area contributed by atoms with Crippen molar-refractivity contribution in [3.8, 4) is 0 Å². The maximum Gasteiger partial charge on any atom is 1.00 e. The predicted octanol–water partition coefficient (Wildman–Crippen LogP) is -2.45. The summed E-state index contributed by atoms with van der Waals surface area (Å²) in [6.07, 6.45) is 0. The van der Waals surface area contributed by atoms with E-state index in [0.717, 1.165) is 5.56 Å². The zero-order chi connectivity index (χ0) is 5.82. The molecular formula is C7H7NaO. The molecular weight excluding hydrogens is 123 g/mol. The normalized spacial score (nSPS) is 8.11. The molecule has 1 aromatic rings. The summed E-state index contributed by atoms with van der Waals surface area (Å²) in [6.45, 7) is -0.110. The Morgan fingerprint density at radius 1 is 1.11 bits per heavy atom. The summed E-state index contributed by atoms with van der Waals surface area (Å²) in [6, 6.07) is 9.29. The van der Waals surface area contributed by atoms with Gasteiger partial charge in [-0.2, -0.15) is 0 Å². The molecule has 1 nitrogen and oxygen atoms in total. The van der Waals surface area contributed by atoms with Crippen LogP contribution in [0.2, 0.25) is 0 Å². The zero-order valence-corrected chi connectivity index (χ0v) is 7.50. The fraction of sp³-hybridized carbons (Fsp3) is 0.143. The molecule has 0 fully saturated rings. The topological polar surface area (TPSA) is 23.1 Å². The van der Waals surface area contributed by atoms with E-state index >= 15 is 0 Å². The van der Waals surface area contributed by atoms with E-state index in [4.69, 9.17) is 0 Å². The molecule has 0 bridgehead atoms.